The van der Waals surface area contributed by atoms with E-state index in [9.17, 15) is 4.79 Å². The molecule has 0 spiro atoms. The molecule has 0 bridgehead atoms. The molecule has 2 rings (SSSR count). The number of nitrogens with two attached hydrogens (primary N) is 1. The van der Waals surface area contributed by atoms with Crippen molar-refractivity contribution in [2.75, 3.05) is 32.1 Å². The van der Waals surface area contributed by atoms with Gasteiger partial charge in [0.2, 0.25) is 0 Å². The topological polar surface area (TPSA) is 73.6 Å². The Kier molecular flexibility index (Phi) is 5.07. The van der Waals surface area contributed by atoms with E-state index < -0.39 is 0 Å². The van der Waals surface area contributed by atoms with Gasteiger partial charge >= 0.3 is 0 Å². The monoisotopic (exact) mass is 292 g/mol. The van der Waals surface area contributed by atoms with Gasteiger partial charge in [-0.05, 0) is 37.3 Å². The van der Waals surface area contributed by atoms with Crippen LogP contribution >= 0.6 is 0 Å². The number of amides is 1. The molecule has 0 radical (unpaired) electrons. The van der Waals surface area contributed by atoms with Gasteiger partial charge in [0.1, 0.15) is 0 Å². The number of hydrogen-bond acceptors (Lipinski definition) is 4. The predicted molar refractivity (Wildman–Crippen MR) is 82.5 cm³/mol. The summed E-state index contributed by atoms with van der Waals surface area (Å²) in [6.45, 7) is 6.68. The van der Waals surface area contributed by atoms with Gasteiger partial charge in [0, 0.05) is 19.8 Å². The average molecular weight is 292 g/mol. The molecule has 5 nitrogen and oxygen atoms in total. The Morgan fingerprint density at radius 2 is 2.14 bits per heavy atom. The molecule has 1 aromatic rings. The zero-order valence-electron chi connectivity index (χ0n) is 12.8. The Labute approximate surface area is 125 Å². The second-order valence-electron chi connectivity index (χ2n) is 5.76. The summed E-state index contributed by atoms with van der Waals surface area (Å²) in [5, 5.41) is 3.01. The second-order valence-corrected chi connectivity index (χ2v) is 5.76. The molecular formula is C16H24N2O3. The van der Waals surface area contributed by atoms with Crippen LogP contribution in [-0.2, 0) is 4.74 Å². The van der Waals surface area contributed by atoms with E-state index in [1.54, 1.807) is 18.2 Å². The van der Waals surface area contributed by atoms with E-state index in [1.165, 1.54) is 0 Å². The molecule has 21 heavy (non-hydrogen) atoms. The van der Waals surface area contributed by atoms with E-state index in [-0.39, 0.29) is 11.3 Å². The Morgan fingerprint density at radius 3 is 2.81 bits per heavy atom. The van der Waals surface area contributed by atoms with Crippen molar-refractivity contribution in [3.8, 4) is 5.75 Å². The third-order valence-corrected chi connectivity index (χ3v) is 3.95. The fourth-order valence-electron chi connectivity index (χ4n) is 2.47. The van der Waals surface area contributed by atoms with Crippen molar-refractivity contribution >= 4 is 11.6 Å². The van der Waals surface area contributed by atoms with Crippen molar-refractivity contribution in [3.05, 3.63) is 23.8 Å². The summed E-state index contributed by atoms with van der Waals surface area (Å²) >= 11 is 0. The number of rotatable bonds is 5. The molecule has 1 saturated heterocycles. The van der Waals surface area contributed by atoms with E-state index in [4.69, 9.17) is 15.2 Å². The molecule has 0 saturated carbocycles. The second kappa shape index (κ2) is 6.80. The van der Waals surface area contributed by atoms with E-state index in [1.807, 2.05) is 6.92 Å². The molecule has 0 aliphatic carbocycles. The number of carbonyl (C=O) groups excluding carboxylic acids is 1. The van der Waals surface area contributed by atoms with Crippen LogP contribution in [0.5, 0.6) is 5.75 Å². The number of nitrogens with one attached hydrogen (secondary N) is 1. The third-order valence-electron chi connectivity index (χ3n) is 3.95. The minimum Gasteiger partial charge on any atom is -0.491 e. The highest BCUT2D eigenvalue weighted by atomic mass is 16.5. The van der Waals surface area contributed by atoms with Crippen LogP contribution in [0.4, 0.5) is 5.69 Å². The number of anilines is 1. The lowest BCUT2D eigenvalue weighted by molar-refractivity contribution is 0.0238. The molecule has 0 unspecified atom stereocenters. The van der Waals surface area contributed by atoms with Gasteiger partial charge in [-0.15, -0.1) is 0 Å². The number of carbonyl (C=O) groups is 1. The molecule has 116 valence electrons. The van der Waals surface area contributed by atoms with Crippen molar-refractivity contribution in [2.45, 2.75) is 26.7 Å². The first-order chi connectivity index (χ1) is 10.1. The maximum Gasteiger partial charge on any atom is 0.255 e. The van der Waals surface area contributed by atoms with Crippen LogP contribution in [-0.4, -0.2) is 32.3 Å². The smallest absolute Gasteiger partial charge is 0.255 e. The quantitative estimate of drug-likeness (QED) is 0.816. The third kappa shape index (κ3) is 3.88. The van der Waals surface area contributed by atoms with Gasteiger partial charge in [0.25, 0.3) is 5.91 Å². The standard InChI is InChI=1S/C16H24N2O3/c1-3-21-14-12(5-4-6-13(14)17)15(19)18-11-16(2)7-9-20-10-8-16/h4-6H,3,7-11,17H2,1-2H3,(H,18,19). The van der Waals surface area contributed by atoms with Crippen LogP contribution in [0.2, 0.25) is 0 Å². The molecule has 1 fully saturated rings. The van der Waals surface area contributed by atoms with E-state index in [0.29, 0.717) is 30.2 Å². The highest BCUT2D eigenvalue weighted by Gasteiger charge is 2.28. The van der Waals surface area contributed by atoms with Gasteiger partial charge < -0.3 is 20.5 Å². The summed E-state index contributed by atoms with van der Waals surface area (Å²) in [5.74, 6) is 0.327. The molecular weight excluding hydrogens is 268 g/mol. The van der Waals surface area contributed by atoms with Gasteiger partial charge in [-0.1, -0.05) is 13.0 Å². The van der Waals surface area contributed by atoms with Gasteiger partial charge in [0.05, 0.1) is 17.9 Å². The molecule has 1 heterocycles. The van der Waals surface area contributed by atoms with E-state index in [2.05, 4.69) is 12.2 Å². The van der Waals surface area contributed by atoms with Crippen LogP contribution in [0, 0.1) is 5.41 Å². The van der Waals surface area contributed by atoms with Crippen molar-refractivity contribution in [3.63, 3.8) is 0 Å². The van der Waals surface area contributed by atoms with Crippen LogP contribution in [0.25, 0.3) is 0 Å². The summed E-state index contributed by atoms with van der Waals surface area (Å²) in [6, 6.07) is 5.24. The summed E-state index contributed by atoms with van der Waals surface area (Å²) < 4.78 is 10.9. The molecule has 1 aliphatic rings. The summed E-state index contributed by atoms with van der Waals surface area (Å²) in [6.07, 6.45) is 1.92. The molecule has 0 atom stereocenters. The molecule has 3 N–H and O–H groups in total. The first-order valence-electron chi connectivity index (χ1n) is 7.43. The van der Waals surface area contributed by atoms with E-state index in [0.717, 1.165) is 26.1 Å². The highest BCUT2D eigenvalue weighted by molar-refractivity contribution is 5.98. The van der Waals surface area contributed by atoms with Gasteiger partial charge in [-0.3, -0.25) is 4.79 Å². The number of hydrogen-bond donors (Lipinski definition) is 2. The van der Waals surface area contributed by atoms with Crippen molar-refractivity contribution in [2.24, 2.45) is 5.41 Å². The van der Waals surface area contributed by atoms with Crippen LogP contribution in [0.3, 0.4) is 0 Å². The van der Waals surface area contributed by atoms with Gasteiger partial charge in [-0.25, -0.2) is 0 Å². The SMILES string of the molecule is CCOc1c(N)cccc1C(=O)NCC1(C)CCOCC1. The van der Waals surface area contributed by atoms with Crippen LogP contribution in [0.15, 0.2) is 18.2 Å². The lowest BCUT2D eigenvalue weighted by Gasteiger charge is -2.33. The van der Waals surface area contributed by atoms with Crippen molar-refractivity contribution < 1.29 is 14.3 Å². The van der Waals surface area contributed by atoms with Crippen molar-refractivity contribution in [1.82, 2.24) is 5.32 Å². The first-order valence-corrected chi connectivity index (χ1v) is 7.43. The van der Waals surface area contributed by atoms with E-state index >= 15 is 0 Å². The maximum atomic E-state index is 12.4. The number of ether oxygens (including phenoxy) is 2. The Hall–Kier alpha value is -1.75. The molecule has 1 amide bonds. The summed E-state index contributed by atoms with van der Waals surface area (Å²) in [7, 11) is 0. The molecule has 1 aromatic carbocycles. The highest BCUT2D eigenvalue weighted by Crippen LogP contribution is 2.30. The average Bonchev–Trinajstić information content (AvgIpc) is 2.48. The van der Waals surface area contributed by atoms with Crippen LogP contribution in [0.1, 0.15) is 37.0 Å². The Bertz CT molecular complexity index is 496. The normalized spacial score (nSPS) is 17.2. The maximum absolute atomic E-state index is 12.4. The summed E-state index contributed by atoms with van der Waals surface area (Å²) in [4.78, 5) is 12.4. The lowest BCUT2D eigenvalue weighted by atomic mass is 9.82. The largest absolute Gasteiger partial charge is 0.491 e. The molecule has 0 aromatic heterocycles. The fraction of sp³-hybridized carbons (Fsp3) is 0.562. The zero-order valence-corrected chi connectivity index (χ0v) is 12.8. The molecule has 1 aliphatic heterocycles. The zero-order chi connectivity index (χ0) is 15.3. The van der Waals surface area contributed by atoms with Gasteiger partial charge in [0.15, 0.2) is 5.75 Å². The Balaban J connectivity index is 2.05. The van der Waals surface area contributed by atoms with Crippen LogP contribution < -0.4 is 15.8 Å². The predicted octanol–water partition coefficient (Wildman–Crippen LogP) is 2.21. The van der Waals surface area contributed by atoms with Gasteiger partial charge in [-0.2, -0.15) is 0 Å². The number of para-hydroxylation sites is 1. The number of nitrogen functional groups attached to an aromatic ring is 1. The fourth-order valence-corrected chi connectivity index (χ4v) is 2.47. The molecule has 5 heteroatoms. The van der Waals surface area contributed by atoms with Crippen molar-refractivity contribution in [1.29, 1.82) is 0 Å². The minimum atomic E-state index is -0.140. The lowest BCUT2D eigenvalue weighted by Crippen LogP contribution is -2.39. The summed E-state index contributed by atoms with van der Waals surface area (Å²) in [5.41, 5.74) is 6.97. The number of benzene rings is 1. The minimum absolute atomic E-state index is 0.0972. The first kappa shape index (κ1) is 15.6. The Morgan fingerprint density at radius 1 is 1.43 bits per heavy atom.